The quantitative estimate of drug-likeness (QED) is 0.877. The number of nitrogens with zero attached hydrogens (tertiary/aromatic N) is 2. The SMILES string of the molecule is CCN(C(=O)c1c(F)ccc(N)c1F)c1ccncc1. The molecule has 0 atom stereocenters. The number of nitrogens with two attached hydrogens (primary N) is 1. The molecule has 0 aliphatic heterocycles. The molecule has 104 valence electrons. The number of aromatic nitrogens is 1. The van der Waals surface area contributed by atoms with Gasteiger partial charge in [-0.1, -0.05) is 0 Å². The van der Waals surface area contributed by atoms with Gasteiger partial charge in [-0.2, -0.15) is 0 Å². The first kappa shape index (κ1) is 13.9. The van der Waals surface area contributed by atoms with Crippen molar-refractivity contribution in [2.24, 2.45) is 0 Å². The van der Waals surface area contributed by atoms with E-state index >= 15 is 0 Å². The minimum absolute atomic E-state index is 0.260. The van der Waals surface area contributed by atoms with Gasteiger partial charge in [-0.05, 0) is 31.2 Å². The van der Waals surface area contributed by atoms with E-state index in [9.17, 15) is 13.6 Å². The van der Waals surface area contributed by atoms with Gasteiger partial charge in [0.1, 0.15) is 11.4 Å². The summed E-state index contributed by atoms with van der Waals surface area (Å²) in [4.78, 5) is 17.4. The molecule has 0 fully saturated rings. The molecule has 2 aromatic rings. The number of carbonyl (C=O) groups is 1. The number of anilines is 2. The summed E-state index contributed by atoms with van der Waals surface area (Å²) in [6.07, 6.45) is 2.99. The topological polar surface area (TPSA) is 59.2 Å². The summed E-state index contributed by atoms with van der Waals surface area (Å²) in [5.74, 6) is -2.75. The van der Waals surface area contributed by atoms with Crippen molar-refractivity contribution in [1.29, 1.82) is 0 Å². The number of rotatable bonds is 3. The minimum Gasteiger partial charge on any atom is -0.396 e. The van der Waals surface area contributed by atoms with Crippen molar-refractivity contribution in [2.75, 3.05) is 17.2 Å². The number of halogens is 2. The monoisotopic (exact) mass is 277 g/mol. The zero-order chi connectivity index (χ0) is 14.7. The van der Waals surface area contributed by atoms with Gasteiger partial charge in [0.15, 0.2) is 5.82 Å². The van der Waals surface area contributed by atoms with E-state index in [1.165, 1.54) is 17.3 Å². The number of benzene rings is 1. The van der Waals surface area contributed by atoms with Crippen molar-refractivity contribution in [3.05, 3.63) is 53.9 Å². The Labute approximate surface area is 114 Å². The first-order valence-corrected chi connectivity index (χ1v) is 6.01. The predicted octanol–water partition coefficient (Wildman–Crippen LogP) is 2.61. The molecule has 1 amide bonds. The molecule has 1 aromatic carbocycles. The van der Waals surface area contributed by atoms with E-state index in [4.69, 9.17) is 5.73 Å². The number of nitrogen functional groups attached to an aromatic ring is 1. The van der Waals surface area contributed by atoms with Crippen LogP contribution in [0.15, 0.2) is 36.7 Å². The van der Waals surface area contributed by atoms with Crippen molar-refractivity contribution in [3.63, 3.8) is 0 Å². The average Bonchev–Trinajstić information content (AvgIpc) is 2.45. The lowest BCUT2D eigenvalue weighted by Crippen LogP contribution is -2.32. The van der Waals surface area contributed by atoms with E-state index in [1.807, 2.05) is 0 Å². The first-order chi connectivity index (χ1) is 9.56. The molecule has 0 aliphatic rings. The lowest BCUT2D eigenvalue weighted by atomic mass is 10.1. The highest BCUT2D eigenvalue weighted by molar-refractivity contribution is 6.06. The van der Waals surface area contributed by atoms with E-state index in [0.717, 1.165) is 12.1 Å². The molecule has 2 N–H and O–H groups in total. The molecular formula is C14H13F2N3O. The second-order valence-electron chi connectivity index (χ2n) is 4.08. The minimum atomic E-state index is -1.04. The maximum atomic E-state index is 13.9. The fraction of sp³-hybridized carbons (Fsp3) is 0.143. The fourth-order valence-corrected chi connectivity index (χ4v) is 1.87. The van der Waals surface area contributed by atoms with Crippen LogP contribution in [0.2, 0.25) is 0 Å². The lowest BCUT2D eigenvalue weighted by molar-refractivity contribution is 0.0980. The van der Waals surface area contributed by atoms with E-state index in [1.54, 1.807) is 19.1 Å². The van der Waals surface area contributed by atoms with Crippen LogP contribution >= 0.6 is 0 Å². The molecule has 0 saturated carbocycles. The summed E-state index contributed by atoms with van der Waals surface area (Å²) in [6, 6.07) is 5.24. The summed E-state index contributed by atoms with van der Waals surface area (Å²) in [5, 5.41) is 0. The lowest BCUT2D eigenvalue weighted by Gasteiger charge is -2.21. The van der Waals surface area contributed by atoms with Gasteiger partial charge in [-0.15, -0.1) is 0 Å². The smallest absolute Gasteiger partial charge is 0.264 e. The molecular weight excluding hydrogens is 264 g/mol. The summed E-state index contributed by atoms with van der Waals surface area (Å²) in [6.45, 7) is 1.97. The van der Waals surface area contributed by atoms with Gasteiger partial charge in [-0.3, -0.25) is 9.78 Å². The second kappa shape index (κ2) is 5.64. The Kier molecular flexibility index (Phi) is 3.93. The van der Waals surface area contributed by atoms with E-state index in [2.05, 4.69) is 4.98 Å². The molecule has 6 heteroatoms. The van der Waals surface area contributed by atoms with E-state index in [-0.39, 0.29) is 12.2 Å². The molecule has 0 radical (unpaired) electrons. The largest absolute Gasteiger partial charge is 0.396 e. The summed E-state index contributed by atoms with van der Waals surface area (Å²) in [5.41, 5.74) is 4.98. The van der Waals surface area contributed by atoms with Crippen LogP contribution in [0.1, 0.15) is 17.3 Å². The Hall–Kier alpha value is -2.50. The van der Waals surface area contributed by atoms with E-state index < -0.39 is 23.1 Å². The van der Waals surface area contributed by atoms with Gasteiger partial charge in [0.25, 0.3) is 5.91 Å². The standard InChI is InChI=1S/C14H13F2N3O/c1-2-19(9-5-7-18-8-6-9)14(20)12-10(15)3-4-11(17)13(12)16/h3-8H,2,17H2,1H3. The van der Waals surface area contributed by atoms with Crippen molar-refractivity contribution in [2.45, 2.75) is 6.92 Å². The predicted molar refractivity (Wildman–Crippen MR) is 72.4 cm³/mol. The Morgan fingerprint density at radius 3 is 2.50 bits per heavy atom. The molecule has 0 saturated heterocycles. The molecule has 1 aromatic heterocycles. The van der Waals surface area contributed by atoms with Gasteiger partial charge in [-0.25, -0.2) is 8.78 Å². The number of pyridine rings is 1. The van der Waals surface area contributed by atoms with Crippen molar-refractivity contribution in [3.8, 4) is 0 Å². The molecule has 1 heterocycles. The van der Waals surface area contributed by atoms with Crippen molar-refractivity contribution in [1.82, 2.24) is 4.98 Å². The highest BCUT2D eigenvalue weighted by atomic mass is 19.1. The maximum absolute atomic E-state index is 13.9. The molecule has 4 nitrogen and oxygen atoms in total. The van der Waals surface area contributed by atoms with Gasteiger partial charge >= 0.3 is 0 Å². The Bertz CT molecular complexity index is 632. The van der Waals surface area contributed by atoms with Crippen LogP contribution < -0.4 is 10.6 Å². The van der Waals surface area contributed by atoms with Crippen LogP contribution in [-0.2, 0) is 0 Å². The van der Waals surface area contributed by atoms with Gasteiger partial charge in [0.2, 0.25) is 0 Å². The molecule has 0 spiro atoms. The highest BCUT2D eigenvalue weighted by Crippen LogP contribution is 2.23. The number of carbonyl (C=O) groups excluding carboxylic acids is 1. The maximum Gasteiger partial charge on any atom is 0.264 e. The van der Waals surface area contributed by atoms with Gasteiger partial charge < -0.3 is 10.6 Å². The molecule has 0 aliphatic carbocycles. The van der Waals surface area contributed by atoms with Gasteiger partial charge in [0.05, 0.1) is 5.69 Å². The Balaban J connectivity index is 2.47. The third-order valence-corrected chi connectivity index (χ3v) is 2.87. The number of hydrogen-bond donors (Lipinski definition) is 1. The Morgan fingerprint density at radius 1 is 1.25 bits per heavy atom. The normalized spacial score (nSPS) is 10.3. The molecule has 0 unspecified atom stereocenters. The fourth-order valence-electron chi connectivity index (χ4n) is 1.87. The summed E-state index contributed by atoms with van der Waals surface area (Å²) < 4.78 is 27.6. The number of amides is 1. The summed E-state index contributed by atoms with van der Waals surface area (Å²) in [7, 11) is 0. The van der Waals surface area contributed by atoms with Crippen LogP contribution in [-0.4, -0.2) is 17.4 Å². The van der Waals surface area contributed by atoms with Crippen LogP contribution in [0.5, 0.6) is 0 Å². The Morgan fingerprint density at radius 2 is 1.90 bits per heavy atom. The third kappa shape index (κ3) is 2.45. The molecule has 2 rings (SSSR count). The zero-order valence-corrected chi connectivity index (χ0v) is 10.8. The zero-order valence-electron chi connectivity index (χ0n) is 10.8. The van der Waals surface area contributed by atoms with Crippen LogP contribution in [0.25, 0.3) is 0 Å². The molecule has 20 heavy (non-hydrogen) atoms. The van der Waals surface area contributed by atoms with Crippen molar-refractivity contribution >= 4 is 17.3 Å². The third-order valence-electron chi connectivity index (χ3n) is 2.87. The first-order valence-electron chi connectivity index (χ1n) is 6.01. The second-order valence-corrected chi connectivity index (χ2v) is 4.08. The van der Waals surface area contributed by atoms with Crippen LogP contribution in [0.3, 0.4) is 0 Å². The average molecular weight is 277 g/mol. The summed E-state index contributed by atoms with van der Waals surface area (Å²) >= 11 is 0. The number of hydrogen-bond acceptors (Lipinski definition) is 3. The highest BCUT2D eigenvalue weighted by Gasteiger charge is 2.24. The molecule has 0 bridgehead atoms. The van der Waals surface area contributed by atoms with Crippen LogP contribution in [0.4, 0.5) is 20.2 Å². The van der Waals surface area contributed by atoms with Crippen molar-refractivity contribution < 1.29 is 13.6 Å². The van der Waals surface area contributed by atoms with Gasteiger partial charge in [0, 0.05) is 24.6 Å². The van der Waals surface area contributed by atoms with Crippen LogP contribution in [0, 0.1) is 11.6 Å². The van der Waals surface area contributed by atoms with E-state index in [0.29, 0.717) is 5.69 Å².